The van der Waals surface area contributed by atoms with Gasteiger partial charge in [0.1, 0.15) is 12.4 Å². The summed E-state index contributed by atoms with van der Waals surface area (Å²) in [6.45, 7) is 2.19. The Balaban J connectivity index is 1.54. The largest absolute Gasteiger partial charge is 0.487 e. The van der Waals surface area contributed by atoms with Crippen molar-refractivity contribution in [3.05, 3.63) is 156 Å². The van der Waals surface area contributed by atoms with Crippen molar-refractivity contribution < 1.29 is 14.3 Å². The number of nitrogens with zero attached hydrogens (tertiary/aromatic N) is 3. The molecule has 5 aromatic rings. The zero-order chi connectivity index (χ0) is 33.1. The van der Waals surface area contributed by atoms with Gasteiger partial charge in [-0.1, -0.05) is 77.5 Å². The fourth-order valence-electron chi connectivity index (χ4n) is 5.21. The minimum absolute atomic E-state index is 0.165. The Labute approximate surface area is 306 Å². The standard InChI is InChI=1S/C36H24ClI2N3O4S/c1-2-45-35(44)30-31(23-6-4-3-5-7-23)41-36-42(32(30)24-12-14-26(37)15-13-24)34(43)29(47-36)17-25-16-27(38)18-28(39)33(25)46-20-22-10-8-21(19-40)9-11-22/h3-18,32H,2,20H2,1H3/b29-17-/t32-/m1/s1. The molecule has 0 N–H and O–H groups in total. The summed E-state index contributed by atoms with van der Waals surface area (Å²) in [5.41, 5.74) is 4.08. The molecule has 2 heterocycles. The molecule has 0 spiro atoms. The lowest BCUT2D eigenvalue weighted by atomic mass is 9.93. The Morgan fingerprint density at radius 2 is 1.79 bits per heavy atom. The first-order valence-corrected chi connectivity index (χ1v) is 17.8. The molecule has 0 bridgehead atoms. The third kappa shape index (κ3) is 7.08. The second-order valence-electron chi connectivity index (χ2n) is 10.4. The van der Waals surface area contributed by atoms with Gasteiger partial charge in [0.2, 0.25) is 0 Å². The number of hydrogen-bond donors (Lipinski definition) is 0. The molecule has 0 aliphatic carbocycles. The number of thiazole rings is 1. The molecule has 0 saturated heterocycles. The molecule has 11 heteroatoms. The molecule has 0 unspecified atom stereocenters. The van der Waals surface area contributed by atoms with Crippen LogP contribution in [0.3, 0.4) is 0 Å². The maximum Gasteiger partial charge on any atom is 0.338 e. The lowest BCUT2D eigenvalue weighted by molar-refractivity contribution is -0.138. The number of benzene rings is 4. The number of nitriles is 1. The summed E-state index contributed by atoms with van der Waals surface area (Å²) in [7, 11) is 0. The van der Waals surface area contributed by atoms with Gasteiger partial charge in [-0.3, -0.25) is 9.36 Å². The van der Waals surface area contributed by atoms with E-state index in [9.17, 15) is 9.59 Å². The van der Waals surface area contributed by atoms with Crippen LogP contribution in [-0.4, -0.2) is 17.1 Å². The highest BCUT2D eigenvalue weighted by atomic mass is 127. The van der Waals surface area contributed by atoms with Gasteiger partial charge < -0.3 is 9.47 Å². The van der Waals surface area contributed by atoms with Gasteiger partial charge >= 0.3 is 5.97 Å². The summed E-state index contributed by atoms with van der Waals surface area (Å²) < 4.78 is 15.7. The smallest absolute Gasteiger partial charge is 0.338 e. The van der Waals surface area contributed by atoms with E-state index < -0.39 is 12.0 Å². The number of carbonyl (C=O) groups excluding carboxylic acids is 1. The van der Waals surface area contributed by atoms with Gasteiger partial charge in [-0.05, 0) is 106 Å². The summed E-state index contributed by atoms with van der Waals surface area (Å²) in [6.07, 6.45) is 1.82. The molecule has 1 aliphatic rings. The van der Waals surface area contributed by atoms with Crippen LogP contribution in [0.1, 0.15) is 40.8 Å². The van der Waals surface area contributed by atoms with Gasteiger partial charge in [0.25, 0.3) is 5.56 Å². The number of esters is 1. The van der Waals surface area contributed by atoms with Crippen molar-refractivity contribution in [3.63, 3.8) is 0 Å². The molecule has 0 amide bonds. The number of fused-ring (bicyclic) bond motifs is 1. The van der Waals surface area contributed by atoms with Gasteiger partial charge in [-0.2, -0.15) is 5.26 Å². The average molecular weight is 884 g/mol. The summed E-state index contributed by atoms with van der Waals surface area (Å²) in [4.78, 5) is 33.4. The lowest BCUT2D eigenvalue weighted by Gasteiger charge is -2.26. The molecule has 6 rings (SSSR count). The zero-order valence-corrected chi connectivity index (χ0v) is 30.6. The Bertz CT molecular complexity index is 2240. The number of ether oxygens (including phenoxy) is 2. The van der Waals surface area contributed by atoms with Crippen molar-refractivity contribution in [2.24, 2.45) is 4.99 Å². The van der Waals surface area contributed by atoms with E-state index in [4.69, 9.17) is 31.3 Å². The van der Waals surface area contributed by atoms with Crippen molar-refractivity contribution in [1.29, 1.82) is 5.26 Å². The molecule has 1 aromatic heterocycles. The van der Waals surface area contributed by atoms with Crippen LogP contribution in [0, 0.1) is 18.5 Å². The predicted molar refractivity (Wildman–Crippen MR) is 200 cm³/mol. The van der Waals surface area contributed by atoms with Crippen LogP contribution in [-0.2, 0) is 16.1 Å². The van der Waals surface area contributed by atoms with Crippen molar-refractivity contribution in [2.45, 2.75) is 19.6 Å². The van der Waals surface area contributed by atoms with Crippen LogP contribution in [0.5, 0.6) is 5.75 Å². The molecule has 1 atom stereocenters. The Hall–Kier alpha value is -3.77. The number of hydrogen-bond acceptors (Lipinski definition) is 7. The Morgan fingerprint density at radius 1 is 1.06 bits per heavy atom. The third-order valence-corrected chi connectivity index (χ3v) is 10.0. The zero-order valence-electron chi connectivity index (χ0n) is 24.7. The highest BCUT2D eigenvalue weighted by Crippen LogP contribution is 2.36. The SMILES string of the molecule is CCOC(=O)C1=C(c2ccccc2)N=c2s/c(=C\c3cc(I)cc(I)c3OCc3ccc(C#N)cc3)c(=O)n2[C@@H]1c1ccc(Cl)cc1. The van der Waals surface area contributed by atoms with E-state index >= 15 is 0 Å². The van der Waals surface area contributed by atoms with Gasteiger partial charge in [-0.15, -0.1) is 0 Å². The number of rotatable bonds is 8. The maximum atomic E-state index is 14.4. The first-order chi connectivity index (χ1) is 22.8. The highest BCUT2D eigenvalue weighted by molar-refractivity contribution is 14.1. The van der Waals surface area contributed by atoms with Crippen LogP contribution in [0.2, 0.25) is 5.02 Å². The molecular weight excluding hydrogens is 860 g/mol. The topological polar surface area (TPSA) is 93.7 Å². The van der Waals surface area contributed by atoms with E-state index in [1.165, 1.54) is 11.3 Å². The van der Waals surface area contributed by atoms with Crippen molar-refractivity contribution in [3.8, 4) is 11.8 Å². The average Bonchev–Trinajstić information content (AvgIpc) is 3.38. The van der Waals surface area contributed by atoms with E-state index in [0.29, 0.717) is 36.9 Å². The van der Waals surface area contributed by atoms with Crippen molar-refractivity contribution >= 4 is 85.9 Å². The minimum atomic E-state index is -0.803. The maximum absolute atomic E-state index is 14.4. The van der Waals surface area contributed by atoms with Crippen molar-refractivity contribution in [1.82, 2.24) is 4.57 Å². The fourth-order valence-corrected chi connectivity index (χ4v) is 8.38. The van der Waals surface area contributed by atoms with Gasteiger partial charge in [-0.25, -0.2) is 9.79 Å². The first-order valence-electron chi connectivity index (χ1n) is 14.4. The Morgan fingerprint density at radius 3 is 2.47 bits per heavy atom. The highest BCUT2D eigenvalue weighted by Gasteiger charge is 2.35. The lowest BCUT2D eigenvalue weighted by Crippen LogP contribution is -2.40. The molecule has 47 heavy (non-hydrogen) atoms. The molecule has 234 valence electrons. The van der Waals surface area contributed by atoms with E-state index in [-0.39, 0.29) is 24.3 Å². The normalized spacial score (nSPS) is 14.3. The van der Waals surface area contributed by atoms with Crippen LogP contribution in [0.15, 0.2) is 106 Å². The third-order valence-electron chi connectivity index (χ3n) is 7.35. The monoisotopic (exact) mass is 883 g/mol. The summed E-state index contributed by atoms with van der Waals surface area (Å²) in [6, 6.07) is 29.1. The number of aromatic nitrogens is 1. The van der Waals surface area contributed by atoms with Gasteiger partial charge in [0, 0.05) is 19.7 Å². The molecule has 0 fully saturated rings. The molecule has 7 nitrogen and oxygen atoms in total. The van der Waals surface area contributed by atoms with Crippen LogP contribution < -0.4 is 19.6 Å². The molecular formula is C36H24ClI2N3O4S. The van der Waals surface area contributed by atoms with E-state index in [0.717, 1.165) is 23.8 Å². The quantitative estimate of drug-likeness (QED) is 0.121. The van der Waals surface area contributed by atoms with Crippen LogP contribution in [0.4, 0.5) is 0 Å². The molecule has 4 aromatic carbocycles. The molecule has 1 aliphatic heterocycles. The Kier molecular flexibility index (Phi) is 10.3. The van der Waals surface area contributed by atoms with Crippen LogP contribution >= 0.6 is 68.1 Å². The fraction of sp³-hybridized carbons (Fsp3) is 0.111. The second kappa shape index (κ2) is 14.6. The molecule has 0 saturated carbocycles. The number of carbonyl (C=O) groups is 1. The molecule has 0 radical (unpaired) electrons. The summed E-state index contributed by atoms with van der Waals surface area (Å²) in [5.74, 6) is 0.0858. The van der Waals surface area contributed by atoms with Gasteiger partial charge in [0.15, 0.2) is 4.80 Å². The van der Waals surface area contributed by atoms with E-state index in [2.05, 4.69) is 51.3 Å². The first kappa shape index (κ1) is 33.1. The predicted octanol–water partition coefficient (Wildman–Crippen LogP) is 7.25. The van der Waals surface area contributed by atoms with Gasteiger partial charge in [0.05, 0.1) is 43.7 Å². The van der Waals surface area contributed by atoms with Crippen molar-refractivity contribution in [2.75, 3.05) is 6.61 Å². The van der Waals surface area contributed by atoms with E-state index in [1.807, 2.05) is 72.8 Å². The minimum Gasteiger partial charge on any atom is -0.487 e. The van der Waals surface area contributed by atoms with Crippen LogP contribution in [0.25, 0.3) is 11.8 Å². The van der Waals surface area contributed by atoms with E-state index in [1.54, 1.807) is 35.8 Å². The summed E-state index contributed by atoms with van der Waals surface area (Å²) >= 11 is 12.0. The second-order valence-corrected chi connectivity index (χ2v) is 14.2. The number of halogens is 3. The summed E-state index contributed by atoms with van der Waals surface area (Å²) in [5, 5.41) is 9.67.